The molecule has 5 nitrogen and oxygen atoms in total. The second kappa shape index (κ2) is 9.76. The molecule has 1 aliphatic rings. The fourth-order valence-corrected chi connectivity index (χ4v) is 4.79. The van der Waals surface area contributed by atoms with Crippen molar-refractivity contribution < 1.29 is 14.3 Å². The molecule has 0 radical (unpaired) electrons. The number of allylic oxidation sites excluding steroid dienone is 1. The van der Waals surface area contributed by atoms with Crippen molar-refractivity contribution in [3.63, 3.8) is 0 Å². The van der Waals surface area contributed by atoms with Gasteiger partial charge in [-0.25, -0.2) is 4.79 Å². The van der Waals surface area contributed by atoms with Crippen LogP contribution >= 0.6 is 23.2 Å². The minimum atomic E-state index is -0.522. The number of halogens is 2. The fraction of sp³-hybridized carbons (Fsp3) is 0.214. The van der Waals surface area contributed by atoms with Gasteiger partial charge in [0.25, 0.3) is 5.91 Å². The van der Waals surface area contributed by atoms with Gasteiger partial charge in [-0.15, -0.1) is 0 Å². The van der Waals surface area contributed by atoms with Crippen LogP contribution in [0.4, 0.5) is 5.69 Å². The van der Waals surface area contributed by atoms with Crippen LogP contribution in [0.5, 0.6) is 0 Å². The van der Waals surface area contributed by atoms with Crippen LogP contribution in [-0.2, 0) is 14.3 Å². The van der Waals surface area contributed by atoms with Gasteiger partial charge in [-0.3, -0.25) is 9.69 Å². The highest BCUT2D eigenvalue weighted by molar-refractivity contribution is 6.43. The normalized spacial score (nSPS) is 14.9. The molecule has 4 rings (SSSR count). The van der Waals surface area contributed by atoms with E-state index in [0.717, 1.165) is 28.2 Å². The number of hydrogen-bond acceptors (Lipinski definition) is 3. The number of benzene rings is 2. The second-order valence-electron chi connectivity index (χ2n) is 8.45. The molecule has 0 bridgehead atoms. The molecule has 0 unspecified atom stereocenters. The van der Waals surface area contributed by atoms with Gasteiger partial charge >= 0.3 is 5.97 Å². The summed E-state index contributed by atoms with van der Waals surface area (Å²) in [5.74, 6) is -0.800. The van der Waals surface area contributed by atoms with E-state index in [4.69, 9.17) is 27.9 Å². The molecule has 3 aromatic rings. The van der Waals surface area contributed by atoms with Gasteiger partial charge in [-0.05, 0) is 76.6 Å². The Morgan fingerprint density at radius 1 is 1.03 bits per heavy atom. The first-order chi connectivity index (χ1) is 16.6. The molecule has 1 aliphatic heterocycles. The number of aromatic nitrogens is 1. The van der Waals surface area contributed by atoms with Crippen LogP contribution in [0.3, 0.4) is 0 Å². The van der Waals surface area contributed by atoms with Gasteiger partial charge in [0.2, 0.25) is 0 Å². The van der Waals surface area contributed by atoms with Crippen LogP contribution in [0, 0.1) is 20.8 Å². The van der Waals surface area contributed by atoms with Crippen molar-refractivity contribution in [2.45, 2.75) is 34.6 Å². The summed E-state index contributed by atoms with van der Waals surface area (Å²) in [5.41, 5.74) is 6.18. The number of anilines is 1. The first-order valence-corrected chi connectivity index (χ1v) is 12.1. The number of carbonyl (C=O) groups is 2. The van der Waals surface area contributed by atoms with Gasteiger partial charge in [0.1, 0.15) is 0 Å². The van der Waals surface area contributed by atoms with E-state index >= 15 is 0 Å². The topological polar surface area (TPSA) is 51.5 Å². The third-order valence-electron chi connectivity index (χ3n) is 6.11. The molecule has 0 aliphatic carbocycles. The molecule has 0 N–H and O–H groups in total. The Kier molecular flexibility index (Phi) is 6.93. The Morgan fingerprint density at radius 3 is 2.37 bits per heavy atom. The molecule has 7 heteroatoms. The van der Waals surface area contributed by atoms with E-state index in [1.807, 2.05) is 67.8 Å². The van der Waals surface area contributed by atoms with E-state index in [1.165, 1.54) is 0 Å². The summed E-state index contributed by atoms with van der Waals surface area (Å²) in [7, 11) is 0. The van der Waals surface area contributed by atoms with Crippen LogP contribution in [0.2, 0.25) is 10.0 Å². The highest BCUT2D eigenvalue weighted by atomic mass is 35.5. The highest BCUT2D eigenvalue weighted by Crippen LogP contribution is 2.37. The Hall–Kier alpha value is -3.28. The molecule has 0 atom stereocenters. The number of ether oxygens (including phenoxy) is 1. The summed E-state index contributed by atoms with van der Waals surface area (Å²) >= 11 is 12.7. The van der Waals surface area contributed by atoms with E-state index in [9.17, 15) is 9.59 Å². The number of esters is 1. The van der Waals surface area contributed by atoms with Gasteiger partial charge in [0, 0.05) is 22.8 Å². The molecular formula is C28H26Cl2N2O3. The molecular weight excluding hydrogens is 483 g/mol. The van der Waals surface area contributed by atoms with Gasteiger partial charge in [-0.2, -0.15) is 0 Å². The van der Waals surface area contributed by atoms with Crippen molar-refractivity contribution in [2.75, 3.05) is 11.5 Å². The highest BCUT2D eigenvalue weighted by Gasteiger charge is 2.38. The molecule has 1 amide bonds. The van der Waals surface area contributed by atoms with E-state index in [0.29, 0.717) is 27.0 Å². The van der Waals surface area contributed by atoms with Gasteiger partial charge < -0.3 is 9.30 Å². The summed E-state index contributed by atoms with van der Waals surface area (Å²) in [6.45, 7) is 9.59. The van der Waals surface area contributed by atoms with Gasteiger partial charge in [-0.1, -0.05) is 47.0 Å². The first-order valence-electron chi connectivity index (χ1n) is 11.3. The van der Waals surface area contributed by atoms with Crippen LogP contribution < -0.4 is 4.90 Å². The van der Waals surface area contributed by atoms with Crippen LogP contribution in [0.25, 0.3) is 11.8 Å². The van der Waals surface area contributed by atoms with Crippen molar-refractivity contribution in [1.82, 2.24) is 4.57 Å². The van der Waals surface area contributed by atoms with E-state index in [-0.39, 0.29) is 18.1 Å². The summed E-state index contributed by atoms with van der Waals surface area (Å²) in [5, 5.41) is 0.903. The average molecular weight is 509 g/mol. The van der Waals surface area contributed by atoms with Gasteiger partial charge in [0.15, 0.2) is 0 Å². The zero-order chi connectivity index (χ0) is 25.4. The minimum Gasteiger partial charge on any atom is -0.462 e. The van der Waals surface area contributed by atoms with Crippen molar-refractivity contribution in [2.24, 2.45) is 0 Å². The number of nitrogens with zero attached hydrogens (tertiary/aromatic N) is 2. The maximum Gasteiger partial charge on any atom is 0.340 e. The predicted octanol–water partition coefficient (Wildman–Crippen LogP) is 6.98. The van der Waals surface area contributed by atoms with Crippen LogP contribution in [-0.4, -0.2) is 23.1 Å². The lowest BCUT2D eigenvalue weighted by atomic mass is 10.0. The maximum absolute atomic E-state index is 13.7. The van der Waals surface area contributed by atoms with E-state index < -0.39 is 5.97 Å². The molecule has 2 aromatic carbocycles. The molecule has 0 fully saturated rings. The van der Waals surface area contributed by atoms with Crippen molar-refractivity contribution in [3.05, 3.63) is 97.9 Å². The molecule has 0 saturated heterocycles. The molecule has 35 heavy (non-hydrogen) atoms. The molecule has 2 heterocycles. The minimum absolute atomic E-state index is 0.212. The van der Waals surface area contributed by atoms with Crippen molar-refractivity contribution in [3.8, 4) is 5.69 Å². The van der Waals surface area contributed by atoms with Crippen molar-refractivity contribution >= 4 is 46.8 Å². The SMILES string of the molecule is CCOC(=O)C1=C(C)N(c2ccc(C)cc2)C(=O)/C1=C\c1cc(C)n(-c2cccc(Cl)c2Cl)c1C. The maximum atomic E-state index is 13.7. The quantitative estimate of drug-likeness (QED) is 0.276. The summed E-state index contributed by atoms with van der Waals surface area (Å²) in [6.07, 6.45) is 1.75. The van der Waals surface area contributed by atoms with E-state index in [2.05, 4.69) is 0 Å². The number of amides is 1. The Bertz CT molecular complexity index is 1400. The Balaban J connectivity index is 1.86. The third-order valence-corrected chi connectivity index (χ3v) is 6.92. The first kappa shape index (κ1) is 24.8. The van der Waals surface area contributed by atoms with E-state index in [1.54, 1.807) is 30.9 Å². The number of aryl methyl sites for hydroxylation is 2. The molecule has 1 aromatic heterocycles. The summed E-state index contributed by atoms with van der Waals surface area (Å²) < 4.78 is 7.30. The predicted molar refractivity (Wildman–Crippen MR) is 141 cm³/mol. The number of rotatable bonds is 5. The monoisotopic (exact) mass is 508 g/mol. The summed E-state index contributed by atoms with van der Waals surface area (Å²) in [6, 6.07) is 15.0. The molecule has 0 spiro atoms. The molecule has 180 valence electrons. The Morgan fingerprint density at radius 2 is 1.71 bits per heavy atom. The average Bonchev–Trinajstić information content (AvgIpc) is 3.23. The third kappa shape index (κ3) is 4.42. The Labute approximate surface area is 215 Å². The lowest BCUT2D eigenvalue weighted by Gasteiger charge is -2.18. The standard InChI is InChI=1S/C28H26Cl2N2O3/c1-6-35-28(34)25-19(5)32(21-12-10-16(2)11-13-21)27(33)22(25)15-20-14-17(3)31(18(20)4)24-9-7-8-23(29)26(24)30/h7-15H,6H2,1-5H3/b22-15-. The second-order valence-corrected chi connectivity index (χ2v) is 9.23. The number of hydrogen-bond donors (Lipinski definition) is 0. The van der Waals surface area contributed by atoms with Crippen LogP contribution in [0.1, 0.15) is 36.4 Å². The number of carbonyl (C=O) groups excluding carboxylic acids is 2. The van der Waals surface area contributed by atoms with Crippen molar-refractivity contribution in [1.29, 1.82) is 0 Å². The summed E-state index contributed by atoms with van der Waals surface area (Å²) in [4.78, 5) is 28.2. The zero-order valence-corrected chi connectivity index (χ0v) is 21.8. The van der Waals surface area contributed by atoms with Crippen LogP contribution in [0.15, 0.2) is 65.4 Å². The zero-order valence-electron chi connectivity index (χ0n) is 20.3. The lowest BCUT2D eigenvalue weighted by Crippen LogP contribution is -2.24. The lowest BCUT2D eigenvalue weighted by molar-refractivity contribution is -0.138. The smallest absolute Gasteiger partial charge is 0.340 e. The largest absolute Gasteiger partial charge is 0.462 e. The molecule has 0 saturated carbocycles. The van der Waals surface area contributed by atoms with Gasteiger partial charge in [0.05, 0.1) is 33.5 Å². The fourth-order valence-electron chi connectivity index (χ4n) is 4.41.